The lowest BCUT2D eigenvalue weighted by Gasteiger charge is -2.32. The molecule has 0 unspecified atom stereocenters. The van der Waals surface area contributed by atoms with Gasteiger partial charge in [0.05, 0.1) is 24.5 Å². The second kappa shape index (κ2) is 7.96. The number of amides is 1. The van der Waals surface area contributed by atoms with Crippen LogP contribution in [0.25, 0.3) is 0 Å². The summed E-state index contributed by atoms with van der Waals surface area (Å²) in [7, 11) is 1.83. The molecule has 0 aromatic carbocycles. The fraction of sp³-hybridized carbons (Fsp3) is 0.409. The summed E-state index contributed by atoms with van der Waals surface area (Å²) in [6, 6.07) is 2.02. The number of pyridine rings is 1. The molecule has 0 radical (unpaired) electrons. The van der Waals surface area contributed by atoms with Gasteiger partial charge in [0.25, 0.3) is 0 Å². The zero-order valence-corrected chi connectivity index (χ0v) is 18.8. The van der Waals surface area contributed by atoms with E-state index in [1.165, 1.54) is 12.3 Å². The number of halogens is 3. The fourth-order valence-corrected chi connectivity index (χ4v) is 4.34. The summed E-state index contributed by atoms with van der Waals surface area (Å²) in [6.45, 7) is 3.97. The van der Waals surface area contributed by atoms with E-state index in [0.717, 1.165) is 30.2 Å². The number of nitrogens with zero attached hydrogens (tertiary/aromatic N) is 6. The van der Waals surface area contributed by atoms with Crippen LogP contribution in [0.15, 0.2) is 24.5 Å². The van der Waals surface area contributed by atoms with E-state index in [4.69, 9.17) is 0 Å². The standard InChI is InChI=1S/C22H23F3N8O/c1-11-18-19(32(3)12(2)20(34)30-18)31-21(28-11)29-15-5-6-16-14(15)9-27-33(16)10-13-4-7-17(26-8-13)22(23,24)25/h4,7-9,12,15H,5-6,10H2,1-3H3,(H,30,34)(H,28,29,31)/t12-,15+/m0/s1. The normalized spacial score (nSPS) is 19.6. The highest BCUT2D eigenvalue weighted by atomic mass is 19.4. The number of hydrogen-bond donors (Lipinski definition) is 2. The lowest BCUT2D eigenvalue weighted by molar-refractivity contribution is -0.141. The Hall–Kier alpha value is -3.70. The highest BCUT2D eigenvalue weighted by molar-refractivity contribution is 6.03. The van der Waals surface area contributed by atoms with Crippen molar-refractivity contribution in [3.8, 4) is 0 Å². The van der Waals surface area contributed by atoms with Gasteiger partial charge in [-0.3, -0.25) is 14.5 Å². The molecule has 0 fully saturated rings. The van der Waals surface area contributed by atoms with Gasteiger partial charge in [0.1, 0.15) is 17.4 Å². The number of anilines is 3. The predicted octanol–water partition coefficient (Wildman–Crippen LogP) is 3.32. The minimum absolute atomic E-state index is 0.0483. The van der Waals surface area contributed by atoms with Crippen molar-refractivity contribution in [2.45, 2.75) is 51.5 Å². The van der Waals surface area contributed by atoms with Crippen molar-refractivity contribution in [1.82, 2.24) is 24.7 Å². The highest BCUT2D eigenvalue weighted by Crippen LogP contribution is 2.36. The molecule has 2 N–H and O–H groups in total. The largest absolute Gasteiger partial charge is 0.433 e. The number of hydrogen-bond acceptors (Lipinski definition) is 7. The van der Waals surface area contributed by atoms with Gasteiger partial charge in [0.2, 0.25) is 11.9 Å². The predicted molar refractivity (Wildman–Crippen MR) is 119 cm³/mol. The van der Waals surface area contributed by atoms with Crippen LogP contribution in [0.4, 0.5) is 30.6 Å². The van der Waals surface area contributed by atoms with Gasteiger partial charge in [0, 0.05) is 24.5 Å². The van der Waals surface area contributed by atoms with Crippen molar-refractivity contribution in [1.29, 1.82) is 0 Å². The minimum atomic E-state index is -4.46. The maximum Gasteiger partial charge on any atom is 0.433 e. The molecule has 9 nitrogen and oxygen atoms in total. The molecule has 1 aliphatic carbocycles. The molecule has 1 aliphatic heterocycles. The molecule has 34 heavy (non-hydrogen) atoms. The van der Waals surface area contributed by atoms with Crippen LogP contribution in [0.5, 0.6) is 0 Å². The van der Waals surface area contributed by atoms with Crippen LogP contribution < -0.4 is 15.5 Å². The number of carbonyl (C=O) groups excluding carboxylic acids is 1. The van der Waals surface area contributed by atoms with E-state index in [1.807, 2.05) is 25.8 Å². The molecular formula is C22H23F3N8O. The van der Waals surface area contributed by atoms with Crippen molar-refractivity contribution in [2.24, 2.45) is 0 Å². The third kappa shape index (κ3) is 3.82. The average molecular weight is 472 g/mol. The van der Waals surface area contributed by atoms with Crippen LogP contribution >= 0.6 is 0 Å². The molecule has 2 aliphatic rings. The molecule has 4 heterocycles. The Kier molecular flexibility index (Phi) is 5.18. The average Bonchev–Trinajstić information content (AvgIpc) is 3.36. The SMILES string of the molecule is Cc1nc(N[C@@H]2CCc3c2cnn3Cc2ccc(C(F)(F)F)nc2)nc2c1NC(=O)[C@H](C)N2C. The van der Waals surface area contributed by atoms with Gasteiger partial charge in [-0.15, -0.1) is 0 Å². The summed E-state index contributed by atoms with van der Waals surface area (Å²) in [5, 5.41) is 10.7. The summed E-state index contributed by atoms with van der Waals surface area (Å²) < 4.78 is 40.1. The Morgan fingerprint density at radius 3 is 2.74 bits per heavy atom. The first-order valence-corrected chi connectivity index (χ1v) is 10.9. The maximum absolute atomic E-state index is 12.8. The number of fused-ring (bicyclic) bond motifs is 2. The molecule has 0 bridgehead atoms. The van der Waals surface area contributed by atoms with E-state index in [9.17, 15) is 18.0 Å². The quantitative estimate of drug-likeness (QED) is 0.601. The minimum Gasteiger partial charge on any atom is -0.347 e. The Morgan fingerprint density at radius 2 is 2.03 bits per heavy atom. The number of aromatic nitrogens is 5. The molecule has 3 aromatic rings. The lowest BCUT2D eigenvalue weighted by Crippen LogP contribution is -2.44. The van der Waals surface area contributed by atoms with Crippen LogP contribution in [0.2, 0.25) is 0 Å². The molecule has 178 valence electrons. The molecule has 12 heteroatoms. The van der Waals surface area contributed by atoms with Crippen LogP contribution in [0.3, 0.4) is 0 Å². The zero-order valence-electron chi connectivity index (χ0n) is 18.8. The van der Waals surface area contributed by atoms with E-state index >= 15 is 0 Å². The van der Waals surface area contributed by atoms with Gasteiger partial charge in [-0.2, -0.15) is 23.3 Å². The van der Waals surface area contributed by atoms with E-state index < -0.39 is 11.9 Å². The van der Waals surface area contributed by atoms with Crippen molar-refractivity contribution < 1.29 is 18.0 Å². The molecule has 2 atom stereocenters. The lowest BCUT2D eigenvalue weighted by atomic mass is 10.1. The van der Waals surface area contributed by atoms with Crippen LogP contribution in [0, 0.1) is 6.92 Å². The van der Waals surface area contributed by atoms with Crippen LogP contribution in [-0.4, -0.2) is 43.7 Å². The Balaban J connectivity index is 1.34. The van der Waals surface area contributed by atoms with Crippen molar-refractivity contribution >= 4 is 23.4 Å². The molecule has 0 saturated heterocycles. The van der Waals surface area contributed by atoms with Crippen LogP contribution in [-0.2, 0) is 23.9 Å². The molecule has 5 rings (SSSR count). The van der Waals surface area contributed by atoms with E-state index in [1.54, 1.807) is 10.9 Å². The number of rotatable bonds is 4. The Morgan fingerprint density at radius 1 is 1.24 bits per heavy atom. The first kappa shape index (κ1) is 22.1. The van der Waals surface area contributed by atoms with Gasteiger partial charge < -0.3 is 15.5 Å². The first-order chi connectivity index (χ1) is 16.1. The zero-order chi connectivity index (χ0) is 24.2. The van der Waals surface area contributed by atoms with Crippen molar-refractivity contribution in [3.05, 3.63) is 52.7 Å². The summed E-state index contributed by atoms with van der Waals surface area (Å²) in [4.78, 5) is 26.6. The van der Waals surface area contributed by atoms with Gasteiger partial charge >= 0.3 is 6.18 Å². The second-order valence-corrected chi connectivity index (χ2v) is 8.60. The third-order valence-corrected chi connectivity index (χ3v) is 6.39. The van der Waals surface area contributed by atoms with E-state index in [-0.39, 0.29) is 18.0 Å². The number of aryl methyl sites for hydroxylation is 1. The maximum atomic E-state index is 12.8. The van der Waals surface area contributed by atoms with Crippen LogP contribution in [0.1, 0.15) is 47.6 Å². The third-order valence-electron chi connectivity index (χ3n) is 6.39. The summed E-state index contributed by atoms with van der Waals surface area (Å²) in [5.41, 5.74) is 3.04. The van der Waals surface area contributed by atoms with Gasteiger partial charge in [-0.25, -0.2) is 4.98 Å². The molecule has 1 amide bonds. The first-order valence-electron chi connectivity index (χ1n) is 10.9. The van der Waals surface area contributed by atoms with Crippen molar-refractivity contribution in [2.75, 3.05) is 22.6 Å². The van der Waals surface area contributed by atoms with Gasteiger partial charge in [0.15, 0.2) is 5.82 Å². The Labute approximate surface area is 193 Å². The van der Waals surface area contributed by atoms with Crippen molar-refractivity contribution in [3.63, 3.8) is 0 Å². The molecular weight excluding hydrogens is 449 g/mol. The van der Waals surface area contributed by atoms with Gasteiger partial charge in [-0.1, -0.05) is 6.07 Å². The summed E-state index contributed by atoms with van der Waals surface area (Å²) >= 11 is 0. The number of carbonyl (C=O) groups is 1. The second-order valence-electron chi connectivity index (χ2n) is 8.60. The fourth-order valence-electron chi connectivity index (χ4n) is 4.34. The van der Waals surface area contributed by atoms with E-state index in [0.29, 0.717) is 35.3 Å². The summed E-state index contributed by atoms with van der Waals surface area (Å²) in [5.74, 6) is 1.02. The number of likely N-dealkylation sites (N-methyl/N-ethyl adjacent to an activating group) is 1. The molecule has 0 saturated carbocycles. The summed E-state index contributed by atoms with van der Waals surface area (Å²) in [6.07, 6.45) is 0.123. The Bertz CT molecular complexity index is 1250. The molecule has 0 spiro atoms. The monoisotopic (exact) mass is 472 g/mol. The topological polar surface area (TPSA) is 101 Å². The number of nitrogens with one attached hydrogen (secondary N) is 2. The highest BCUT2D eigenvalue weighted by Gasteiger charge is 2.33. The van der Waals surface area contributed by atoms with Gasteiger partial charge in [-0.05, 0) is 38.3 Å². The smallest absolute Gasteiger partial charge is 0.347 e. The number of alkyl halides is 3. The van der Waals surface area contributed by atoms with E-state index in [2.05, 4.69) is 30.7 Å². The molecule has 3 aromatic heterocycles.